The van der Waals surface area contributed by atoms with E-state index < -0.39 is 5.60 Å². The molecule has 3 atom stereocenters. The van der Waals surface area contributed by atoms with Crippen molar-refractivity contribution in [1.29, 1.82) is 0 Å². The average molecular weight is 290 g/mol. The predicted molar refractivity (Wildman–Crippen MR) is 82.2 cm³/mol. The van der Waals surface area contributed by atoms with E-state index in [2.05, 4.69) is 13.8 Å². The van der Waals surface area contributed by atoms with Crippen LogP contribution in [0.25, 0.3) is 0 Å². The topological polar surface area (TPSA) is 40.5 Å². The van der Waals surface area contributed by atoms with Gasteiger partial charge in [0.05, 0.1) is 6.61 Å². The summed E-state index contributed by atoms with van der Waals surface area (Å²) in [5.74, 6) is -0.0742. The summed E-state index contributed by atoms with van der Waals surface area (Å²) in [4.78, 5) is 0. The molecule has 0 spiro atoms. The zero-order chi connectivity index (χ0) is 15.5. The Labute approximate surface area is 125 Å². The van der Waals surface area contributed by atoms with Crippen molar-refractivity contribution in [1.82, 2.24) is 0 Å². The first-order valence-corrected chi connectivity index (χ1v) is 7.48. The van der Waals surface area contributed by atoms with E-state index in [0.717, 1.165) is 18.4 Å². The molecule has 0 saturated carbocycles. The lowest BCUT2D eigenvalue weighted by molar-refractivity contribution is 0.0232. The van der Waals surface area contributed by atoms with Crippen LogP contribution in [0, 0.1) is 17.7 Å². The minimum Gasteiger partial charge on any atom is -0.392 e. The van der Waals surface area contributed by atoms with Crippen LogP contribution in [-0.4, -0.2) is 16.8 Å². The first-order chi connectivity index (χ1) is 10.0. The summed E-state index contributed by atoms with van der Waals surface area (Å²) in [6.45, 7) is 4.18. The monoisotopic (exact) mass is 290 g/mol. The third-order valence-corrected chi connectivity index (χ3v) is 4.46. The summed E-state index contributed by atoms with van der Waals surface area (Å²) >= 11 is 0. The quantitative estimate of drug-likeness (QED) is 0.870. The molecule has 0 saturated heterocycles. The van der Waals surface area contributed by atoms with Crippen LogP contribution in [0.15, 0.2) is 48.1 Å². The molecule has 1 aromatic rings. The van der Waals surface area contributed by atoms with E-state index in [9.17, 15) is 14.6 Å². The molecule has 1 aromatic carbocycles. The van der Waals surface area contributed by atoms with Gasteiger partial charge in [0.25, 0.3) is 0 Å². The second-order valence-electron chi connectivity index (χ2n) is 5.89. The average Bonchev–Trinajstić information content (AvgIpc) is 2.49. The highest BCUT2D eigenvalue weighted by Crippen LogP contribution is 2.42. The third kappa shape index (κ3) is 3.25. The van der Waals surface area contributed by atoms with E-state index in [-0.39, 0.29) is 18.3 Å². The fraction of sp³-hybridized carbons (Fsp3) is 0.444. The van der Waals surface area contributed by atoms with Gasteiger partial charge in [-0.1, -0.05) is 44.6 Å². The van der Waals surface area contributed by atoms with Gasteiger partial charge in [-0.2, -0.15) is 0 Å². The maximum atomic E-state index is 13.1. The van der Waals surface area contributed by atoms with Crippen molar-refractivity contribution in [3.63, 3.8) is 0 Å². The van der Waals surface area contributed by atoms with Crippen LogP contribution in [0.3, 0.4) is 0 Å². The van der Waals surface area contributed by atoms with Gasteiger partial charge in [0.2, 0.25) is 0 Å². The molecular weight excluding hydrogens is 267 g/mol. The summed E-state index contributed by atoms with van der Waals surface area (Å²) in [5, 5.41) is 20.8. The Morgan fingerprint density at radius 3 is 2.52 bits per heavy atom. The smallest absolute Gasteiger partial charge is 0.123 e. The van der Waals surface area contributed by atoms with Gasteiger partial charge in [0.1, 0.15) is 11.4 Å². The molecule has 0 bridgehead atoms. The van der Waals surface area contributed by atoms with Crippen molar-refractivity contribution >= 4 is 0 Å². The Kier molecular flexibility index (Phi) is 4.96. The van der Waals surface area contributed by atoms with Crippen LogP contribution in [0.4, 0.5) is 4.39 Å². The molecule has 2 rings (SSSR count). The van der Waals surface area contributed by atoms with Gasteiger partial charge in [0.15, 0.2) is 0 Å². The van der Waals surface area contributed by atoms with E-state index >= 15 is 0 Å². The first-order valence-electron chi connectivity index (χ1n) is 7.48. The number of benzene rings is 1. The number of allylic oxidation sites excluding steroid dienone is 2. The summed E-state index contributed by atoms with van der Waals surface area (Å²) < 4.78 is 13.1. The Balaban J connectivity index is 2.40. The second kappa shape index (κ2) is 6.54. The van der Waals surface area contributed by atoms with E-state index in [1.165, 1.54) is 12.1 Å². The Morgan fingerprint density at radius 2 is 1.95 bits per heavy atom. The summed E-state index contributed by atoms with van der Waals surface area (Å²) in [5.41, 5.74) is 0.293. The number of rotatable bonds is 5. The van der Waals surface area contributed by atoms with Gasteiger partial charge in [-0.05, 0) is 41.7 Å². The van der Waals surface area contributed by atoms with Crippen molar-refractivity contribution < 1.29 is 14.6 Å². The SMILES string of the molecule is CCC(C)CC1C(CO)=CC=CC1(O)c1ccc(F)cc1. The van der Waals surface area contributed by atoms with Crippen molar-refractivity contribution in [3.8, 4) is 0 Å². The molecule has 0 heterocycles. The molecule has 3 unspecified atom stereocenters. The highest BCUT2D eigenvalue weighted by Gasteiger charge is 2.40. The van der Waals surface area contributed by atoms with Gasteiger partial charge in [-0.3, -0.25) is 0 Å². The standard InChI is InChI=1S/C18H23FO2/c1-3-13(2)11-17-14(12-20)5-4-10-18(17,21)15-6-8-16(19)9-7-15/h4-10,13,17,20-21H,3,11-12H2,1-2H3. The molecule has 0 aromatic heterocycles. The summed E-state index contributed by atoms with van der Waals surface area (Å²) in [6, 6.07) is 5.95. The minimum atomic E-state index is -1.19. The fourth-order valence-electron chi connectivity index (χ4n) is 2.91. The number of hydrogen-bond donors (Lipinski definition) is 2. The van der Waals surface area contributed by atoms with Gasteiger partial charge in [-0.15, -0.1) is 0 Å². The van der Waals surface area contributed by atoms with Crippen LogP contribution in [-0.2, 0) is 5.60 Å². The van der Waals surface area contributed by atoms with E-state index in [0.29, 0.717) is 11.5 Å². The normalized spacial score (nSPS) is 26.5. The van der Waals surface area contributed by atoms with Crippen LogP contribution >= 0.6 is 0 Å². The van der Waals surface area contributed by atoms with E-state index in [4.69, 9.17) is 0 Å². The van der Waals surface area contributed by atoms with Gasteiger partial charge in [0, 0.05) is 5.92 Å². The van der Waals surface area contributed by atoms with Crippen molar-refractivity contribution in [3.05, 3.63) is 59.4 Å². The molecule has 0 fully saturated rings. The van der Waals surface area contributed by atoms with Gasteiger partial charge in [-0.25, -0.2) is 4.39 Å². The summed E-state index contributed by atoms with van der Waals surface area (Å²) in [6.07, 6.45) is 7.17. The Hall–Kier alpha value is -1.45. The minimum absolute atomic E-state index is 0.0745. The van der Waals surface area contributed by atoms with Crippen LogP contribution in [0.1, 0.15) is 32.3 Å². The van der Waals surface area contributed by atoms with Crippen LogP contribution < -0.4 is 0 Å². The highest BCUT2D eigenvalue weighted by atomic mass is 19.1. The fourth-order valence-corrected chi connectivity index (χ4v) is 2.91. The largest absolute Gasteiger partial charge is 0.392 e. The molecule has 0 radical (unpaired) electrons. The highest BCUT2D eigenvalue weighted by molar-refractivity contribution is 5.38. The lowest BCUT2D eigenvalue weighted by Crippen LogP contribution is -2.37. The molecule has 3 heteroatoms. The molecule has 114 valence electrons. The zero-order valence-corrected chi connectivity index (χ0v) is 12.6. The Bertz CT molecular complexity index is 533. The van der Waals surface area contributed by atoms with E-state index in [1.807, 2.05) is 6.08 Å². The second-order valence-corrected chi connectivity index (χ2v) is 5.89. The predicted octanol–water partition coefficient (Wildman–Crippen LogP) is 3.55. The van der Waals surface area contributed by atoms with Crippen LogP contribution in [0.2, 0.25) is 0 Å². The number of aliphatic hydroxyl groups excluding tert-OH is 1. The van der Waals surface area contributed by atoms with E-state index in [1.54, 1.807) is 24.3 Å². The maximum Gasteiger partial charge on any atom is 0.123 e. The molecule has 2 nitrogen and oxygen atoms in total. The molecule has 0 amide bonds. The molecule has 1 aliphatic carbocycles. The molecule has 2 N–H and O–H groups in total. The van der Waals surface area contributed by atoms with Gasteiger partial charge >= 0.3 is 0 Å². The maximum absolute atomic E-state index is 13.1. The first kappa shape index (κ1) is 15.9. The summed E-state index contributed by atoms with van der Waals surface area (Å²) in [7, 11) is 0. The third-order valence-electron chi connectivity index (χ3n) is 4.46. The lowest BCUT2D eigenvalue weighted by Gasteiger charge is -2.39. The number of aliphatic hydroxyl groups is 2. The molecule has 1 aliphatic rings. The zero-order valence-electron chi connectivity index (χ0n) is 12.6. The van der Waals surface area contributed by atoms with Crippen molar-refractivity contribution in [2.45, 2.75) is 32.3 Å². The molecular formula is C18H23FO2. The van der Waals surface area contributed by atoms with Gasteiger partial charge < -0.3 is 10.2 Å². The van der Waals surface area contributed by atoms with Crippen LogP contribution in [0.5, 0.6) is 0 Å². The van der Waals surface area contributed by atoms with Crippen molar-refractivity contribution in [2.24, 2.45) is 11.8 Å². The molecule has 21 heavy (non-hydrogen) atoms. The number of hydrogen-bond acceptors (Lipinski definition) is 2. The van der Waals surface area contributed by atoms with Crippen molar-refractivity contribution in [2.75, 3.05) is 6.61 Å². The Morgan fingerprint density at radius 1 is 1.29 bits per heavy atom. The number of halogens is 1. The molecule has 0 aliphatic heterocycles. The lowest BCUT2D eigenvalue weighted by atomic mass is 9.70.